The standard InChI is InChI=1S/C15H32NO4PS/c1-5-8-9-10-11-12-13-15(18-4)16-20-21(17,19-7-3)22-14-6-2/h5-14H2,1-4H3. The molecule has 0 aromatic carbocycles. The number of methoxy groups -OCH3 is 1. The molecular formula is C15H32NO4PS. The Balaban J connectivity index is 4.22. The van der Waals surface area contributed by atoms with Gasteiger partial charge in [0, 0.05) is 12.2 Å². The van der Waals surface area contributed by atoms with Crippen LogP contribution in [0.1, 0.15) is 72.1 Å². The number of hydrogen-bond donors (Lipinski definition) is 0. The molecule has 0 fully saturated rings. The first-order chi connectivity index (χ1) is 10.6. The van der Waals surface area contributed by atoms with Crippen molar-refractivity contribution in [1.82, 2.24) is 0 Å². The van der Waals surface area contributed by atoms with Crippen molar-refractivity contribution < 1.29 is 18.5 Å². The van der Waals surface area contributed by atoms with E-state index in [9.17, 15) is 4.57 Å². The maximum absolute atomic E-state index is 12.4. The molecule has 22 heavy (non-hydrogen) atoms. The minimum atomic E-state index is -3.21. The fourth-order valence-electron chi connectivity index (χ4n) is 1.78. The van der Waals surface area contributed by atoms with Crippen molar-refractivity contribution in [2.75, 3.05) is 19.5 Å². The zero-order valence-electron chi connectivity index (χ0n) is 14.5. The highest BCUT2D eigenvalue weighted by molar-refractivity contribution is 8.55. The van der Waals surface area contributed by atoms with Crippen LogP contribution in [0, 0.1) is 0 Å². The summed E-state index contributed by atoms with van der Waals surface area (Å²) in [5.41, 5.74) is 0. The van der Waals surface area contributed by atoms with Gasteiger partial charge >= 0.3 is 6.80 Å². The molecule has 0 amide bonds. The second-order valence-electron chi connectivity index (χ2n) is 4.99. The smallest absolute Gasteiger partial charge is 0.460 e. The van der Waals surface area contributed by atoms with Gasteiger partial charge in [0.1, 0.15) is 0 Å². The molecule has 0 aromatic heterocycles. The third kappa shape index (κ3) is 11.4. The largest absolute Gasteiger partial charge is 0.482 e. The monoisotopic (exact) mass is 353 g/mol. The van der Waals surface area contributed by atoms with Gasteiger partial charge in [-0.3, -0.25) is 4.52 Å². The maximum Gasteiger partial charge on any atom is 0.460 e. The first-order valence-electron chi connectivity index (χ1n) is 8.30. The van der Waals surface area contributed by atoms with E-state index in [1.807, 2.05) is 6.92 Å². The number of unbranched alkanes of at least 4 members (excludes halogenated alkanes) is 5. The zero-order chi connectivity index (χ0) is 16.7. The van der Waals surface area contributed by atoms with Crippen LogP contribution in [0.3, 0.4) is 0 Å². The van der Waals surface area contributed by atoms with Crippen LogP contribution < -0.4 is 0 Å². The highest BCUT2D eigenvalue weighted by Gasteiger charge is 2.26. The van der Waals surface area contributed by atoms with Gasteiger partial charge in [-0.2, -0.15) is 0 Å². The van der Waals surface area contributed by atoms with Crippen LogP contribution in [0.5, 0.6) is 0 Å². The number of hydrogen-bond acceptors (Lipinski definition) is 6. The molecule has 0 saturated carbocycles. The van der Waals surface area contributed by atoms with E-state index < -0.39 is 6.80 Å². The van der Waals surface area contributed by atoms with Crippen LogP contribution in [-0.4, -0.2) is 25.4 Å². The number of nitrogens with zero attached hydrogens (tertiary/aromatic N) is 1. The van der Waals surface area contributed by atoms with Gasteiger partial charge in [-0.05, 0) is 36.3 Å². The summed E-state index contributed by atoms with van der Waals surface area (Å²) >= 11 is 1.19. The molecule has 132 valence electrons. The zero-order valence-corrected chi connectivity index (χ0v) is 16.2. The highest BCUT2D eigenvalue weighted by Crippen LogP contribution is 2.60. The molecule has 7 heteroatoms. The van der Waals surface area contributed by atoms with Gasteiger partial charge in [0.2, 0.25) is 5.90 Å². The summed E-state index contributed by atoms with van der Waals surface area (Å²) < 4.78 is 28.0. The first kappa shape index (κ1) is 21.8. The maximum atomic E-state index is 12.4. The molecule has 0 saturated heterocycles. The molecule has 0 aliphatic carbocycles. The summed E-state index contributed by atoms with van der Waals surface area (Å²) in [6, 6.07) is 0. The molecule has 0 aliphatic rings. The predicted octanol–water partition coefficient (Wildman–Crippen LogP) is 6.00. The van der Waals surface area contributed by atoms with Gasteiger partial charge in [0.15, 0.2) is 0 Å². The quantitative estimate of drug-likeness (QED) is 0.126. The molecule has 0 spiro atoms. The molecule has 0 bridgehead atoms. The SMILES string of the molecule is CCCCCCCCC(=NOP(=O)(OCC)SCCC)OC. The molecular weight excluding hydrogens is 321 g/mol. The van der Waals surface area contributed by atoms with Crippen LogP contribution in [0.4, 0.5) is 0 Å². The van der Waals surface area contributed by atoms with E-state index in [4.69, 9.17) is 13.9 Å². The molecule has 0 rings (SSSR count). The predicted molar refractivity (Wildman–Crippen MR) is 95.5 cm³/mol. The van der Waals surface area contributed by atoms with E-state index in [1.54, 1.807) is 14.0 Å². The normalized spacial score (nSPS) is 14.6. The summed E-state index contributed by atoms with van der Waals surface area (Å²) in [6.07, 6.45) is 8.81. The summed E-state index contributed by atoms with van der Waals surface area (Å²) in [5, 5.41) is 3.91. The Morgan fingerprint density at radius 3 is 2.32 bits per heavy atom. The average Bonchev–Trinajstić information content (AvgIpc) is 2.52. The Morgan fingerprint density at radius 2 is 1.73 bits per heavy atom. The molecule has 5 nitrogen and oxygen atoms in total. The van der Waals surface area contributed by atoms with E-state index in [0.29, 0.717) is 24.7 Å². The van der Waals surface area contributed by atoms with E-state index in [1.165, 1.54) is 37.1 Å². The van der Waals surface area contributed by atoms with Crippen molar-refractivity contribution in [3.63, 3.8) is 0 Å². The number of oxime groups is 1. The van der Waals surface area contributed by atoms with Gasteiger partial charge in [-0.15, -0.1) is 0 Å². The van der Waals surface area contributed by atoms with E-state index in [-0.39, 0.29) is 0 Å². The van der Waals surface area contributed by atoms with Crippen LogP contribution in [0.15, 0.2) is 5.16 Å². The Kier molecular flexibility index (Phi) is 14.3. The topological polar surface area (TPSA) is 57.1 Å². The van der Waals surface area contributed by atoms with Crippen molar-refractivity contribution in [1.29, 1.82) is 0 Å². The first-order valence-corrected chi connectivity index (χ1v) is 11.4. The lowest BCUT2D eigenvalue weighted by molar-refractivity contribution is 0.225. The Hall–Kier alpha value is -0.190. The van der Waals surface area contributed by atoms with Gasteiger partial charge < -0.3 is 9.36 Å². The number of ether oxygens (including phenoxy) is 1. The van der Waals surface area contributed by atoms with Gasteiger partial charge in [0.25, 0.3) is 0 Å². The van der Waals surface area contributed by atoms with Crippen LogP contribution in [0.2, 0.25) is 0 Å². The van der Waals surface area contributed by atoms with E-state index >= 15 is 0 Å². The van der Waals surface area contributed by atoms with Gasteiger partial charge in [0.05, 0.1) is 13.7 Å². The van der Waals surface area contributed by atoms with Crippen molar-refractivity contribution in [3.8, 4) is 0 Å². The van der Waals surface area contributed by atoms with Crippen molar-refractivity contribution in [2.45, 2.75) is 72.1 Å². The summed E-state index contributed by atoms with van der Waals surface area (Å²) in [5.74, 6) is 1.19. The lowest BCUT2D eigenvalue weighted by atomic mass is 10.1. The molecule has 0 aromatic rings. The molecule has 1 unspecified atom stereocenters. The summed E-state index contributed by atoms with van der Waals surface area (Å²) in [7, 11) is 1.56. The Labute approximate surface area is 139 Å². The highest BCUT2D eigenvalue weighted by atomic mass is 32.7. The minimum Gasteiger partial charge on any atom is -0.482 e. The molecule has 1 atom stereocenters. The Morgan fingerprint density at radius 1 is 1.05 bits per heavy atom. The van der Waals surface area contributed by atoms with Crippen LogP contribution >= 0.6 is 18.2 Å². The fourth-order valence-corrected chi connectivity index (χ4v) is 4.86. The van der Waals surface area contributed by atoms with Crippen molar-refractivity contribution >= 4 is 24.1 Å². The molecule has 0 radical (unpaired) electrons. The van der Waals surface area contributed by atoms with E-state index in [2.05, 4.69) is 12.1 Å². The number of rotatable bonds is 14. The molecule has 0 N–H and O–H groups in total. The molecule has 0 heterocycles. The second-order valence-corrected chi connectivity index (χ2v) is 9.09. The van der Waals surface area contributed by atoms with Crippen molar-refractivity contribution in [3.05, 3.63) is 0 Å². The summed E-state index contributed by atoms with van der Waals surface area (Å²) in [4.78, 5) is 0. The van der Waals surface area contributed by atoms with Crippen molar-refractivity contribution in [2.24, 2.45) is 5.16 Å². The van der Waals surface area contributed by atoms with Gasteiger partial charge in [-0.1, -0.05) is 46.0 Å². The van der Waals surface area contributed by atoms with E-state index in [0.717, 1.165) is 19.3 Å². The van der Waals surface area contributed by atoms with Gasteiger partial charge in [-0.25, -0.2) is 4.57 Å². The lowest BCUT2D eigenvalue weighted by Crippen LogP contribution is -2.02. The minimum absolute atomic E-state index is 0.337. The fraction of sp³-hybridized carbons (Fsp3) is 0.933. The average molecular weight is 353 g/mol. The Bertz CT molecular complexity index is 340. The van der Waals surface area contributed by atoms with Crippen LogP contribution in [-0.2, 0) is 18.5 Å². The third-order valence-corrected chi connectivity index (χ3v) is 6.74. The molecule has 0 aliphatic heterocycles. The van der Waals surface area contributed by atoms with Crippen LogP contribution in [0.25, 0.3) is 0 Å². The summed E-state index contributed by atoms with van der Waals surface area (Å²) in [6.45, 7) is 3.15. The lowest BCUT2D eigenvalue weighted by Gasteiger charge is -2.14. The second kappa shape index (κ2) is 14.4. The third-order valence-electron chi connectivity index (χ3n) is 2.96.